The maximum absolute atomic E-state index is 6.69. The number of hydrogen-bond acceptors (Lipinski definition) is 3. The van der Waals surface area contributed by atoms with Gasteiger partial charge in [0, 0.05) is 33.0 Å². The molecular weight excluding hydrogens is 645 g/mol. The van der Waals surface area contributed by atoms with Crippen molar-refractivity contribution >= 4 is 32.7 Å². The van der Waals surface area contributed by atoms with Crippen molar-refractivity contribution in [3.63, 3.8) is 0 Å². The number of rotatable bonds is 6. The monoisotopic (exact) mass is 676 g/mol. The Hall–Kier alpha value is -7.10. The summed E-state index contributed by atoms with van der Waals surface area (Å²) in [5.41, 5.74) is 13.3. The third-order valence-electron chi connectivity index (χ3n) is 10.1. The predicted octanol–water partition coefficient (Wildman–Crippen LogP) is 13.5. The van der Waals surface area contributed by atoms with Crippen LogP contribution in [0.2, 0.25) is 0 Å². The van der Waals surface area contributed by atoms with Crippen molar-refractivity contribution in [3.8, 4) is 67.3 Å². The number of hydrogen-bond donors (Lipinski definition) is 0. The summed E-state index contributed by atoms with van der Waals surface area (Å²) in [5, 5.41) is 4.53. The van der Waals surface area contributed by atoms with Gasteiger partial charge in [0.25, 0.3) is 0 Å². The molecule has 2 aromatic heterocycles. The van der Waals surface area contributed by atoms with Crippen LogP contribution in [0.5, 0.6) is 0 Å². The first-order valence-corrected chi connectivity index (χ1v) is 17.9. The number of benzene rings is 8. The molecule has 0 N–H and O–H groups in total. The molecule has 53 heavy (non-hydrogen) atoms. The van der Waals surface area contributed by atoms with Gasteiger partial charge in [-0.15, -0.1) is 0 Å². The molecule has 8 aromatic carbocycles. The summed E-state index contributed by atoms with van der Waals surface area (Å²) < 4.78 is 6.69. The maximum atomic E-state index is 6.69. The summed E-state index contributed by atoms with van der Waals surface area (Å²) in [6.45, 7) is 0. The molecule has 0 aliphatic heterocycles. The second kappa shape index (κ2) is 12.9. The molecule has 10 aromatic rings. The topological polar surface area (TPSA) is 38.9 Å². The van der Waals surface area contributed by atoms with Crippen molar-refractivity contribution in [2.75, 3.05) is 0 Å². The molecule has 0 aliphatic rings. The minimum atomic E-state index is 0.659. The van der Waals surface area contributed by atoms with Crippen LogP contribution in [0.4, 0.5) is 0 Å². The second-order valence-corrected chi connectivity index (χ2v) is 13.4. The number of para-hydroxylation sites is 1. The van der Waals surface area contributed by atoms with E-state index in [1.807, 2.05) is 36.4 Å². The quantitative estimate of drug-likeness (QED) is 0.176. The average Bonchev–Trinajstić information content (AvgIpc) is 3.63. The molecular formula is C50H32N2O. The molecule has 10 rings (SSSR count). The van der Waals surface area contributed by atoms with E-state index in [9.17, 15) is 0 Å². The van der Waals surface area contributed by atoms with E-state index in [1.54, 1.807) is 0 Å². The molecule has 3 heteroatoms. The van der Waals surface area contributed by atoms with Gasteiger partial charge in [-0.25, -0.2) is 9.97 Å². The highest BCUT2D eigenvalue weighted by Gasteiger charge is 2.19. The fourth-order valence-corrected chi connectivity index (χ4v) is 7.41. The van der Waals surface area contributed by atoms with Gasteiger partial charge in [0.15, 0.2) is 5.82 Å². The van der Waals surface area contributed by atoms with Crippen molar-refractivity contribution in [2.24, 2.45) is 0 Å². The minimum absolute atomic E-state index is 0.659. The molecule has 0 atom stereocenters. The highest BCUT2D eigenvalue weighted by Crippen LogP contribution is 2.41. The van der Waals surface area contributed by atoms with Crippen LogP contribution < -0.4 is 0 Å². The molecule has 0 bridgehead atoms. The molecule has 3 nitrogen and oxygen atoms in total. The fourth-order valence-electron chi connectivity index (χ4n) is 7.41. The van der Waals surface area contributed by atoms with E-state index >= 15 is 0 Å². The lowest BCUT2D eigenvalue weighted by atomic mass is 9.97. The first-order chi connectivity index (χ1) is 26.2. The van der Waals surface area contributed by atoms with Crippen LogP contribution in [0, 0.1) is 0 Å². The van der Waals surface area contributed by atoms with Crippen molar-refractivity contribution in [1.82, 2.24) is 9.97 Å². The van der Waals surface area contributed by atoms with Crippen molar-refractivity contribution in [1.29, 1.82) is 0 Å². The van der Waals surface area contributed by atoms with Crippen LogP contribution in [0.1, 0.15) is 0 Å². The fraction of sp³-hybridized carbons (Fsp3) is 0. The van der Waals surface area contributed by atoms with E-state index in [0.717, 1.165) is 61.1 Å². The summed E-state index contributed by atoms with van der Waals surface area (Å²) in [5.74, 6) is 0.659. The minimum Gasteiger partial charge on any atom is -0.455 e. The van der Waals surface area contributed by atoms with Crippen molar-refractivity contribution in [3.05, 3.63) is 194 Å². The Morgan fingerprint density at radius 2 is 0.868 bits per heavy atom. The molecule has 248 valence electrons. The SMILES string of the molecule is c1ccc(-c2ccc(-c3cc(-c4ccccc4)nc(-c4cccc5oc6c(-c7ccc(-c8ccc9ccccc9c8)cc7)cccc6c45)n3)cc2)cc1. The summed E-state index contributed by atoms with van der Waals surface area (Å²) in [6.07, 6.45) is 0. The third kappa shape index (κ3) is 5.65. The lowest BCUT2D eigenvalue weighted by Crippen LogP contribution is -1.96. The number of fused-ring (bicyclic) bond motifs is 4. The van der Waals surface area contributed by atoms with Gasteiger partial charge in [0.2, 0.25) is 0 Å². The molecule has 0 amide bonds. The molecule has 0 spiro atoms. The molecule has 0 fully saturated rings. The zero-order valence-electron chi connectivity index (χ0n) is 28.8. The van der Waals surface area contributed by atoms with E-state index in [0.29, 0.717) is 5.82 Å². The molecule has 0 radical (unpaired) electrons. The van der Waals surface area contributed by atoms with Gasteiger partial charge >= 0.3 is 0 Å². The Bertz CT molecular complexity index is 2910. The molecule has 0 saturated carbocycles. The Balaban J connectivity index is 1.08. The highest BCUT2D eigenvalue weighted by molar-refractivity contribution is 6.15. The standard InChI is InChI=1S/C50H32N2O/c1-3-11-33(12-4-1)35-23-28-39(29-24-35)46-32-45(38-14-5-2-6-15-38)51-50(52-46)44-19-10-20-47-48(44)43-18-9-17-42(49(43)53-47)37-26-21-36(22-27-37)41-30-25-34-13-7-8-16-40(34)31-41/h1-32H. The molecule has 0 aliphatic carbocycles. The molecule has 0 saturated heterocycles. The third-order valence-corrected chi connectivity index (χ3v) is 10.1. The first-order valence-electron chi connectivity index (χ1n) is 17.9. The normalized spacial score (nSPS) is 11.4. The van der Waals surface area contributed by atoms with Gasteiger partial charge in [-0.05, 0) is 56.8 Å². The van der Waals surface area contributed by atoms with E-state index in [2.05, 4.69) is 158 Å². The Kier molecular flexibility index (Phi) is 7.47. The van der Waals surface area contributed by atoms with Crippen LogP contribution in [0.15, 0.2) is 199 Å². The van der Waals surface area contributed by atoms with E-state index < -0.39 is 0 Å². The van der Waals surface area contributed by atoms with Crippen molar-refractivity contribution in [2.45, 2.75) is 0 Å². The average molecular weight is 677 g/mol. The number of nitrogens with zero attached hydrogens (tertiary/aromatic N) is 2. The molecule has 0 unspecified atom stereocenters. The highest BCUT2D eigenvalue weighted by atomic mass is 16.3. The summed E-state index contributed by atoms with van der Waals surface area (Å²) in [7, 11) is 0. The van der Waals surface area contributed by atoms with Gasteiger partial charge in [-0.2, -0.15) is 0 Å². The Morgan fingerprint density at radius 3 is 1.60 bits per heavy atom. The summed E-state index contributed by atoms with van der Waals surface area (Å²) >= 11 is 0. The summed E-state index contributed by atoms with van der Waals surface area (Å²) in [6, 6.07) is 67.9. The van der Waals surface area contributed by atoms with Gasteiger partial charge in [0.1, 0.15) is 11.2 Å². The van der Waals surface area contributed by atoms with Crippen LogP contribution in [0.3, 0.4) is 0 Å². The van der Waals surface area contributed by atoms with Crippen LogP contribution >= 0.6 is 0 Å². The van der Waals surface area contributed by atoms with E-state index in [4.69, 9.17) is 14.4 Å². The lowest BCUT2D eigenvalue weighted by Gasteiger charge is -2.11. The largest absolute Gasteiger partial charge is 0.455 e. The van der Waals surface area contributed by atoms with Crippen LogP contribution in [0.25, 0.3) is 100.0 Å². The first kappa shape index (κ1) is 30.7. The predicted molar refractivity (Wildman–Crippen MR) is 219 cm³/mol. The van der Waals surface area contributed by atoms with Gasteiger partial charge < -0.3 is 4.42 Å². The lowest BCUT2D eigenvalue weighted by molar-refractivity contribution is 0.670. The van der Waals surface area contributed by atoms with Crippen LogP contribution in [-0.4, -0.2) is 9.97 Å². The van der Waals surface area contributed by atoms with Gasteiger partial charge in [0.05, 0.1) is 11.4 Å². The molecule has 2 heterocycles. The summed E-state index contributed by atoms with van der Waals surface area (Å²) in [4.78, 5) is 10.4. The smallest absolute Gasteiger partial charge is 0.161 e. The zero-order valence-corrected chi connectivity index (χ0v) is 28.8. The van der Waals surface area contributed by atoms with Gasteiger partial charge in [-0.1, -0.05) is 176 Å². The van der Waals surface area contributed by atoms with Crippen LogP contribution in [-0.2, 0) is 0 Å². The Morgan fingerprint density at radius 1 is 0.340 bits per heavy atom. The van der Waals surface area contributed by atoms with Crippen molar-refractivity contribution < 1.29 is 4.42 Å². The van der Waals surface area contributed by atoms with Gasteiger partial charge in [-0.3, -0.25) is 0 Å². The van der Waals surface area contributed by atoms with E-state index in [-0.39, 0.29) is 0 Å². The Labute approximate surface area is 307 Å². The number of aromatic nitrogens is 2. The second-order valence-electron chi connectivity index (χ2n) is 13.4. The maximum Gasteiger partial charge on any atom is 0.161 e. The van der Waals surface area contributed by atoms with E-state index in [1.165, 1.54) is 33.0 Å². The number of furan rings is 1. The zero-order chi connectivity index (χ0) is 35.1.